The van der Waals surface area contributed by atoms with E-state index in [1.807, 2.05) is 0 Å². The van der Waals surface area contributed by atoms with Gasteiger partial charge in [-0.25, -0.2) is 8.42 Å². The first-order chi connectivity index (χ1) is 9.48. The zero-order chi connectivity index (χ0) is 16.1. The zero-order valence-electron chi connectivity index (χ0n) is 11.4. The first-order valence-corrected chi connectivity index (χ1v) is 7.38. The molecule has 21 heavy (non-hydrogen) atoms. The molecule has 1 N–H and O–H groups in total. The lowest BCUT2D eigenvalue weighted by molar-refractivity contribution is -0.352. The van der Waals surface area contributed by atoms with Gasteiger partial charge in [-0.2, -0.15) is 18.3 Å². The third-order valence-corrected chi connectivity index (χ3v) is 4.53. The van der Waals surface area contributed by atoms with Crippen LogP contribution in [0.15, 0.2) is 11.1 Å². The van der Waals surface area contributed by atoms with Crippen LogP contribution in [-0.2, 0) is 26.5 Å². The van der Waals surface area contributed by atoms with Gasteiger partial charge in [0.2, 0.25) is 10.0 Å². The minimum absolute atomic E-state index is 0.186. The van der Waals surface area contributed by atoms with Gasteiger partial charge in [-0.3, -0.25) is 4.68 Å². The summed E-state index contributed by atoms with van der Waals surface area (Å²) in [5.74, 6) is -3.38. The smallest absolute Gasteiger partial charge is 0.327 e. The Labute approximate surface area is 119 Å². The summed E-state index contributed by atoms with van der Waals surface area (Å²) in [6.45, 7) is 2.38. The van der Waals surface area contributed by atoms with Gasteiger partial charge in [0.05, 0.1) is 24.6 Å². The lowest BCUT2D eigenvalue weighted by Crippen LogP contribution is -2.59. The van der Waals surface area contributed by atoms with Crippen LogP contribution in [0.5, 0.6) is 0 Å². The maximum Gasteiger partial charge on any atom is 0.460 e. The molecule has 2 heterocycles. The van der Waals surface area contributed by atoms with Crippen molar-refractivity contribution >= 4 is 10.0 Å². The Balaban J connectivity index is 2.40. The average Bonchev–Trinajstić information content (AvgIpc) is 2.84. The summed E-state index contributed by atoms with van der Waals surface area (Å²) in [5, 5.41) is 3.69. The molecule has 0 aromatic carbocycles. The number of rotatable bonds is 3. The number of sulfonamides is 1. The number of hydrogen-bond donors (Lipinski definition) is 1. The summed E-state index contributed by atoms with van der Waals surface area (Å²) < 4.78 is 75.6. The predicted molar refractivity (Wildman–Crippen MR) is 63.6 cm³/mol. The zero-order valence-corrected chi connectivity index (χ0v) is 12.2. The minimum Gasteiger partial charge on any atom is -0.327 e. The van der Waals surface area contributed by atoms with Crippen LogP contribution in [-0.4, -0.2) is 43.0 Å². The van der Waals surface area contributed by atoms with Crippen molar-refractivity contribution in [3.8, 4) is 0 Å². The highest BCUT2D eigenvalue weighted by Crippen LogP contribution is 2.38. The van der Waals surface area contributed by atoms with Crippen molar-refractivity contribution in [2.24, 2.45) is 7.05 Å². The molecular formula is C10H14F3N3O4S. The number of halogens is 3. The van der Waals surface area contributed by atoms with Gasteiger partial charge in [0.25, 0.3) is 0 Å². The van der Waals surface area contributed by atoms with E-state index in [0.29, 0.717) is 0 Å². The Morgan fingerprint density at radius 3 is 2.52 bits per heavy atom. The normalized spacial score (nSPS) is 27.2. The van der Waals surface area contributed by atoms with Crippen molar-refractivity contribution in [2.45, 2.75) is 36.9 Å². The van der Waals surface area contributed by atoms with E-state index in [2.05, 4.69) is 14.6 Å². The van der Waals surface area contributed by atoms with Gasteiger partial charge >= 0.3 is 12.1 Å². The Hall–Kier alpha value is -1.17. The van der Waals surface area contributed by atoms with Crippen LogP contribution >= 0.6 is 0 Å². The molecule has 1 saturated heterocycles. The molecule has 2 rings (SSSR count). The van der Waals surface area contributed by atoms with E-state index in [4.69, 9.17) is 0 Å². The number of alkyl halides is 3. The van der Waals surface area contributed by atoms with E-state index in [9.17, 15) is 21.6 Å². The molecule has 120 valence electrons. The van der Waals surface area contributed by atoms with Gasteiger partial charge in [-0.05, 0) is 13.8 Å². The largest absolute Gasteiger partial charge is 0.460 e. The lowest BCUT2D eigenvalue weighted by Gasteiger charge is -2.29. The Morgan fingerprint density at radius 2 is 2.14 bits per heavy atom. The Bertz CT molecular complexity index is 642. The summed E-state index contributed by atoms with van der Waals surface area (Å²) in [7, 11) is -3.05. The molecule has 0 saturated carbocycles. The van der Waals surface area contributed by atoms with Crippen molar-refractivity contribution < 1.29 is 31.1 Å². The molecule has 0 aliphatic carbocycles. The average molecular weight is 329 g/mol. The fourth-order valence-corrected chi connectivity index (χ4v) is 3.21. The highest BCUT2D eigenvalue weighted by molar-refractivity contribution is 7.89. The summed E-state index contributed by atoms with van der Waals surface area (Å²) in [5.41, 5.74) is 0.186. The fourth-order valence-electron chi connectivity index (χ4n) is 1.82. The van der Waals surface area contributed by atoms with E-state index < -0.39 is 28.2 Å². The van der Waals surface area contributed by atoms with E-state index in [1.165, 1.54) is 30.3 Å². The molecule has 7 nitrogen and oxygen atoms in total. The van der Waals surface area contributed by atoms with Crippen LogP contribution in [0.4, 0.5) is 13.2 Å². The van der Waals surface area contributed by atoms with Gasteiger partial charge < -0.3 is 9.47 Å². The number of aryl methyl sites for hydroxylation is 1. The first kappa shape index (κ1) is 16.2. The van der Waals surface area contributed by atoms with E-state index in [-0.39, 0.29) is 17.2 Å². The maximum absolute atomic E-state index is 13.1. The van der Waals surface area contributed by atoms with Crippen LogP contribution in [0.1, 0.15) is 12.6 Å². The van der Waals surface area contributed by atoms with E-state index in [1.54, 1.807) is 0 Å². The van der Waals surface area contributed by atoms with Crippen LogP contribution in [0, 0.1) is 6.92 Å². The summed E-state index contributed by atoms with van der Waals surface area (Å²) in [4.78, 5) is -0.375. The number of hydrogen-bond acceptors (Lipinski definition) is 5. The molecule has 1 aliphatic rings. The molecular weight excluding hydrogens is 315 g/mol. The summed E-state index contributed by atoms with van der Waals surface area (Å²) >= 11 is 0. The third kappa shape index (κ3) is 2.78. The quantitative estimate of drug-likeness (QED) is 0.881. The molecule has 0 amide bonds. The minimum atomic E-state index is -5.07. The van der Waals surface area contributed by atoms with E-state index in [0.717, 1.165) is 6.20 Å². The molecule has 0 bridgehead atoms. The standard InChI is InChI=1S/C10H14F3N3O4S/c1-6-5-19-10(20-6,9(11,12)13)15-21(17,18)8-4-14-16(3)7(8)2/h4,6,15H,5H2,1-3H3. The molecule has 0 radical (unpaired) electrons. The van der Waals surface area contributed by atoms with Crippen molar-refractivity contribution in [3.63, 3.8) is 0 Å². The van der Waals surface area contributed by atoms with Gasteiger partial charge in [-0.15, -0.1) is 4.72 Å². The highest BCUT2D eigenvalue weighted by atomic mass is 32.2. The Morgan fingerprint density at radius 1 is 1.52 bits per heavy atom. The van der Waals surface area contributed by atoms with Gasteiger partial charge in [0.1, 0.15) is 4.90 Å². The lowest BCUT2D eigenvalue weighted by atomic mass is 10.4. The SMILES string of the molecule is Cc1c(S(=O)(=O)NC2(C(F)(F)F)OCC(C)O2)cnn1C. The topological polar surface area (TPSA) is 82.5 Å². The van der Waals surface area contributed by atoms with Crippen LogP contribution in [0.3, 0.4) is 0 Å². The maximum atomic E-state index is 13.1. The fraction of sp³-hybridized carbons (Fsp3) is 0.700. The Kier molecular flexibility index (Phi) is 3.81. The molecule has 1 aliphatic heterocycles. The molecule has 1 aromatic rings. The number of ether oxygens (including phenoxy) is 2. The van der Waals surface area contributed by atoms with Crippen molar-refractivity contribution in [2.75, 3.05) is 6.61 Å². The second-order valence-electron chi connectivity index (χ2n) is 4.68. The van der Waals surface area contributed by atoms with Gasteiger partial charge in [0.15, 0.2) is 0 Å². The number of nitrogens with one attached hydrogen (secondary N) is 1. The second-order valence-corrected chi connectivity index (χ2v) is 6.33. The molecule has 1 fully saturated rings. The predicted octanol–water partition coefficient (Wildman–Crippen LogP) is 0.658. The van der Waals surface area contributed by atoms with Crippen molar-refractivity contribution in [1.29, 1.82) is 0 Å². The molecule has 2 unspecified atom stereocenters. The first-order valence-electron chi connectivity index (χ1n) is 5.89. The second kappa shape index (κ2) is 4.93. The van der Waals surface area contributed by atoms with Gasteiger partial charge in [-0.1, -0.05) is 0 Å². The number of nitrogens with zero attached hydrogens (tertiary/aromatic N) is 2. The van der Waals surface area contributed by atoms with Crippen LogP contribution in [0.2, 0.25) is 0 Å². The molecule has 2 atom stereocenters. The number of aromatic nitrogens is 2. The monoisotopic (exact) mass is 329 g/mol. The van der Waals surface area contributed by atoms with Gasteiger partial charge in [0, 0.05) is 7.05 Å². The summed E-state index contributed by atoms with van der Waals surface area (Å²) in [6.07, 6.45) is -5.01. The molecule has 1 aromatic heterocycles. The van der Waals surface area contributed by atoms with Crippen LogP contribution in [0.25, 0.3) is 0 Å². The van der Waals surface area contributed by atoms with Crippen molar-refractivity contribution in [1.82, 2.24) is 14.5 Å². The molecule has 0 spiro atoms. The van der Waals surface area contributed by atoms with E-state index >= 15 is 0 Å². The van der Waals surface area contributed by atoms with Crippen LogP contribution < -0.4 is 4.72 Å². The molecule has 11 heteroatoms. The third-order valence-electron chi connectivity index (χ3n) is 3.01. The highest BCUT2D eigenvalue weighted by Gasteiger charge is 2.64. The van der Waals surface area contributed by atoms with Crippen molar-refractivity contribution in [3.05, 3.63) is 11.9 Å². The summed E-state index contributed by atoms with van der Waals surface area (Å²) in [6, 6.07) is 0.